The molecule has 2 aliphatic rings. The molecule has 170 valence electrons. The minimum atomic E-state index is -0.931. The number of amides is 1. The summed E-state index contributed by atoms with van der Waals surface area (Å²) in [7, 11) is 0. The van der Waals surface area contributed by atoms with Crippen molar-refractivity contribution in [3.8, 4) is 0 Å². The van der Waals surface area contributed by atoms with E-state index in [4.69, 9.17) is 0 Å². The van der Waals surface area contributed by atoms with E-state index < -0.39 is 11.6 Å². The van der Waals surface area contributed by atoms with E-state index in [9.17, 15) is 18.4 Å². The van der Waals surface area contributed by atoms with Gasteiger partial charge < -0.3 is 5.32 Å². The second-order valence-corrected chi connectivity index (χ2v) is 8.53. The van der Waals surface area contributed by atoms with E-state index in [1.165, 1.54) is 22.5 Å². The average molecular weight is 457 g/mol. The number of fused-ring (bicyclic) bond motifs is 1. The number of rotatable bonds is 5. The summed E-state index contributed by atoms with van der Waals surface area (Å²) in [6.45, 7) is 2.02. The minimum absolute atomic E-state index is 0.0360. The molecule has 2 aliphatic carbocycles. The summed E-state index contributed by atoms with van der Waals surface area (Å²) in [6.07, 6.45) is 7.67. The van der Waals surface area contributed by atoms with Crippen molar-refractivity contribution in [2.75, 3.05) is 0 Å². The number of ketones is 1. The number of aromatic nitrogens is 2. The zero-order valence-corrected chi connectivity index (χ0v) is 18.4. The Morgan fingerprint density at radius 2 is 1.91 bits per heavy atom. The fourth-order valence-electron chi connectivity index (χ4n) is 4.23. The molecule has 1 amide bonds. The molecule has 3 aromatic rings. The highest BCUT2D eigenvalue weighted by Gasteiger charge is 2.25. The first-order chi connectivity index (χ1) is 16.4. The second-order valence-electron chi connectivity index (χ2n) is 8.53. The molecule has 2 aromatic carbocycles. The zero-order valence-electron chi connectivity index (χ0n) is 18.4. The van der Waals surface area contributed by atoms with E-state index in [-0.39, 0.29) is 24.7 Å². The number of nitrogens with zero attached hydrogens (tertiary/aromatic N) is 2. The van der Waals surface area contributed by atoms with Crippen molar-refractivity contribution in [1.29, 1.82) is 0 Å². The van der Waals surface area contributed by atoms with Gasteiger partial charge in [-0.3, -0.25) is 14.3 Å². The molecule has 0 saturated carbocycles. The molecule has 0 radical (unpaired) electrons. The lowest BCUT2D eigenvalue weighted by molar-refractivity contribution is -0.114. The van der Waals surface area contributed by atoms with Gasteiger partial charge in [0.15, 0.2) is 17.4 Å². The zero-order chi connectivity index (χ0) is 23.8. The molecular weight excluding hydrogens is 436 g/mol. The molecule has 1 N–H and O–H groups in total. The highest BCUT2D eigenvalue weighted by molar-refractivity contribution is 6.05. The molecule has 0 aliphatic heterocycles. The van der Waals surface area contributed by atoms with Gasteiger partial charge in [-0.25, -0.2) is 8.78 Å². The molecule has 1 aromatic heterocycles. The number of benzene rings is 2. The van der Waals surface area contributed by atoms with Gasteiger partial charge in [0.1, 0.15) is 0 Å². The SMILES string of the molecule is CC1=C(NC(=O)c2cnn(Cc3ccc(F)c(F)c3)c2)C=C(C2=Cc3ccccc3C2)C(=O)C1. The third-order valence-electron chi connectivity index (χ3n) is 6.06. The van der Waals surface area contributed by atoms with Crippen LogP contribution in [0.25, 0.3) is 6.08 Å². The Balaban J connectivity index is 1.32. The average Bonchev–Trinajstić information content (AvgIpc) is 3.45. The Bertz CT molecular complexity index is 1430. The van der Waals surface area contributed by atoms with E-state index in [1.807, 2.05) is 31.2 Å². The maximum Gasteiger partial charge on any atom is 0.258 e. The molecule has 0 atom stereocenters. The van der Waals surface area contributed by atoms with Crippen LogP contribution >= 0.6 is 0 Å². The van der Waals surface area contributed by atoms with Gasteiger partial charge in [0.2, 0.25) is 0 Å². The highest BCUT2D eigenvalue weighted by Crippen LogP contribution is 2.33. The summed E-state index contributed by atoms with van der Waals surface area (Å²) in [6, 6.07) is 11.7. The molecule has 34 heavy (non-hydrogen) atoms. The lowest BCUT2D eigenvalue weighted by Crippen LogP contribution is -2.26. The first-order valence-corrected chi connectivity index (χ1v) is 10.9. The third-order valence-corrected chi connectivity index (χ3v) is 6.06. The molecule has 5 rings (SSSR count). The van der Waals surface area contributed by atoms with Crippen LogP contribution in [0.1, 0.15) is 40.4 Å². The fraction of sp³-hybridized carbons (Fsp3) is 0.148. The summed E-state index contributed by atoms with van der Waals surface area (Å²) >= 11 is 0. The third kappa shape index (κ3) is 4.24. The van der Waals surface area contributed by atoms with Crippen LogP contribution in [-0.4, -0.2) is 21.5 Å². The van der Waals surface area contributed by atoms with E-state index >= 15 is 0 Å². The molecule has 7 heteroatoms. The summed E-state index contributed by atoms with van der Waals surface area (Å²) < 4.78 is 28.1. The number of allylic oxidation sites excluding steroid dienone is 4. The quantitative estimate of drug-likeness (QED) is 0.601. The van der Waals surface area contributed by atoms with Crippen molar-refractivity contribution in [2.45, 2.75) is 26.3 Å². The lowest BCUT2D eigenvalue weighted by Gasteiger charge is -2.18. The molecule has 0 saturated heterocycles. The van der Waals surface area contributed by atoms with E-state index in [2.05, 4.69) is 16.5 Å². The highest BCUT2D eigenvalue weighted by atomic mass is 19.2. The Hall–Kier alpha value is -4.13. The van der Waals surface area contributed by atoms with Gasteiger partial charge in [-0.1, -0.05) is 36.4 Å². The first kappa shape index (κ1) is 21.7. The van der Waals surface area contributed by atoms with Crippen LogP contribution < -0.4 is 5.32 Å². The van der Waals surface area contributed by atoms with Crippen molar-refractivity contribution in [2.24, 2.45) is 0 Å². The van der Waals surface area contributed by atoms with Crippen molar-refractivity contribution in [3.05, 3.63) is 117 Å². The summed E-state index contributed by atoms with van der Waals surface area (Å²) in [5.41, 5.74) is 6.08. The van der Waals surface area contributed by atoms with Crippen LogP contribution in [-0.2, 0) is 17.8 Å². The molecule has 0 fully saturated rings. The van der Waals surface area contributed by atoms with E-state index in [0.717, 1.165) is 28.8 Å². The van der Waals surface area contributed by atoms with Crippen LogP contribution in [0.5, 0.6) is 0 Å². The number of Topliss-reactive ketones (excluding diaryl/α,β-unsaturated/α-hetero) is 1. The molecule has 0 unspecified atom stereocenters. The minimum Gasteiger partial charge on any atom is -0.322 e. The van der Waals surface area contributed by atoms with Crippen LogP contribution in [0.15, 0.2) is 83.4 Å². The Morgan fingerprint density at radius 1 is 1.09 bits per heavy atom. The van der Waals surface area contributed by atoms with Gasteiger partial charge in [0.25, 0.3) is 5.91 Å². The topological polar surface area (TPSA) is 64.0 Å². The van der Waals surface area contributed by atoms with Crippen molar-refractivity contribution < 1.29 is 18.4 Å². The molecular formula is C27H21F2N3O2. The van der Waals surface area contributed by atoms with Gasteiger partial charge in [0.05, 0.1) is 18.3 Å². The van der Waals surface area contributed by atoms with Crippen LogP contribution in [0.3, 0.4) is 0 Å². The fourth-order valence-corrected chi connectivity index (χ4v) is 4.23. The number of hydrogen-bond acceptors (Lipinski definition) is 3. The van der Waals surface area contributed by atoms with Crippen LogP contribution in [0.2, 0.25) is 0 Å². The predicted octanol–water partition coefficient (Wildman–Crippen LogP) is 4.75. The Morgan fingerprint density at radius 3 is 2.71 bits per heavy atom. The monoisotopic (exact) mass is 457 g/mol. The molecule has 5 nitrogen and oxygen atoms in total. The summed E-state index contributed by atoms with van der Waals surface area (Å²) in [5, 5.41) is 7.05. The number of carbonyl (C=O) groups excluding carboxylic acids is 2. The van der Waals surface area contributed by atoms with E-state index in [1.54, 1.807) is 12.3 Å². The molecule has 0 bridgehead atoms. The molecule has 1 heterocycles. The number of carbonyl (C=O) groups is 2. The maximum absolute atomic E-state index is 13.5. The number of halogens is 2. The Kier molecular flexibility index (Phi) is 5.53. The van der Waals surface area contributed by atoms with E-state index in [0.29, 0.717) is 28.8 Å². The van der Waals surface area contributed by atoms with Crippen molar-refractivity contribution >= 4 is 17.8 Å². The van der Waals surface area contributed by atoms with Crippen molar-refractivity contribution in [3.63, 3.8) is 0 Å². The predicted molar refractivity (Wildman–Crippen MR) is 124 cm³/mol. The summed E-state index contributed by atoms with van der Waals surface area (Å²) in [5.74, 6) is -2.17. The van der Waals surface area contributed by atoms with Gasteiger partial charge in [0, 0.05) is 23.9 Å². The first-order valence-electron chi connectivity index (χ1n) is 10.9. The largest absolute Gasteiger partial charge is 0.322 e. The molecule has 0 spiro atoms. The van der Waals surface area contributed by atoms with Gasteiger partial charge >= 0.3 is 0 Å². The van der Waals surface area contributed by atoms with Crippen LogP contribution in [0.4, 0.5) is 8.78 Å². The van der Waals surface area contributed by atoms with Crippen LogP contribution in [0, 0.1) is 11.6 Å². The lowest BCUT2D eigenvalue weighted by atomic mass is 9.90. The van der Waals surface area contributed by atoms with Gasteiger partial charge in [-0.05, 0) is 59.4 Å². The van der Waals surface area contributed by atoms with Crippen molar-refractivity contribution in [1.82, 2.24) is 15.1 Å². The Labute approximate surface area is 195 Å². The number of hydrogen-bond donors (Lipinski definition) is 1. The number of nitrogens with one attached hydrogen (secondary N) is 1. The smallest absolute Gasteiger partial charge is 0.258 e. The summed E-state index contributed by atoms with van der Waals surface area (Å²) in [4.78, 5) is 25.6. The van der Waals surface area contributed by atoms with Gasteiger partial charge in [-0.15, -0.1) is 0 Å². The normalized spacial score (nSPS) is 15.2. The maximum atomic E-state index is 13.5. The van der Waals surface area contributed by atoms with Gasteiger partial charge in [-0.2, -0.15) is 5.10 Å². The second kappa shape index (κ2) is 8.67. The standard InChI is InChI=1S/C27H21F2N3O2/c1-16-8-26(33)22(20-10-18-4-2-3-5-19(18)11-20)12-25(16)31-27(34)21-13-30-32(15-21)14-17-6-7-23(28)24(29)9-17/h2-7,9-10,12-13,15H,8,11,14H2,1H3,(H,31,34).